The van der Waals surface area contributed by atoms with Crippen LogP contribution in [0, 0.1) is 5.92 Å². The first-order valence-corrected chi connectivity index (χ1v) is 5.42. The number of carbonyl (C=O) groups excluding carboxylic acids is 1. The zero-order chi connectivity index (χ0) is 9.52. The van der Waals surface area contributed by atoms with Gasteiger partial charge in [-0.15, -0.1) is 0 Å². The van der Waals surface area contributed by atoms with E-state index < -0.39 is 0 Å². The molecule has 0 heterocycles. The highest BCUT2D eigenvalue weighted by molar-refractivity contribution is 5.77. The predicted molar refractivity (Wildman–Crippen MR) is 52.7 cm³/mol. The van der Waals surface area contributed by atoms with E-state index in [0.29, 0.717) is 18.6 Å². The van der Waals surface area contributed by atoms with Gasteiger partial charge in [0.15, 0.2) is 0 Å². The predicted octanol–water partition coefficient (Wildman–Crippen LogP) is 2.56. The summed E-state index contributed by atoms with van der Waals surface area (Å²) >= 11 is 0. The normalized spacial score (nSPS) is 16.1. The van der Waals surface area contributed by atoms with Crippen molar-refractivity contribution in [2.75, 3.05) is 13.2 Å². The topological polar surface area (TPSA) is 26.3 Å². The summed E-state index contributed by atoms with van der Waals surface area (Å²) in [5, 5.41) is 0. The van der Waals surface area contributed by atoms with E-state index in [1.54, 1.807) is 0 Å². The summed E-state index contributed by atoms with van der Waals surface area (Å²) < 4.78 is 5.43. The van der Waals surface area contributed by atoms with E-state index in [1.807, 2.05) is 6.92 Å². The number of ether oxygens (including phenoxy) is 1. The van der Waals surface area contributed by atoms with Gasteiger partial charge in [-0.3, -0.25) is 4.79 Å². The van der Waals surface area contributed by atoms with Crippen molar-refractivity contribution < 1.29 is 9.53 Å². The van der Waals surface area contributed by atoms with Crippen LogP contribution in [-0.4, -0.2) is 19.0 Å². The molecule has 2 nitrogen and oxygen atoms in total. The smallest absolute Gasteiger partial charge is 0.132 e. The van der Waals surface area contributed by atoms with Crippen LogP contribution in [0.1, 0.15) is 45.4 Å². The number of hydrogen-bond donors (Lipinski definition) is 0. The average Bonchev–Trinajstić information content (AvgIpc) is 2.94. The quantitative estimate of drug-likeness (QED) is 0.542. The maximum atomic E-state index is 10.9. The van der Waals surface area contributed by atoms with Crippen molar-refractivity contribution in [3.8, 4) is 0 Å². The van der Waals surface area contributed by atoms with Crippen molar-refractivity contribution in [3.05, 3.63) is 0 Å². The van der Waals surface area contributed by atoms with Gasteiger partial charge in [0.1, 0.15) is 5.78 Å². The molecule has 13 heavy (non-hydrogen) atoms. The van der Waals surface area contributed by atoms with Gasteiger partial charge in [-0.2, -0.15) is 0 Å². The minimum Gasteiger partial charge on any atom is -0.381 e. The highest BCUT2D eigenvalue weighted by Crippen LogP contribution is 2.32. The maximum Gasteiger partial charge on any atom is 0.132 e. The SMILES string of the molecule is CCC(=O)CCCOCCC1CC1. The molecule has 1 aliphatic rings. The fraction of sp³-hybridized carbons (Fsp3) is 0.909. The first-order chi connectivity index (χ1) is 6.33. The monoisotopic (exact) mass is 184 g/mol. The van der Waals surface area contributed by atoms with E-state index in [4.69, 9.17) is 4.74 Å². The van der Waals surface area contributed by atoms with Gasteiger partial charge in [-0.05, 0) is 18.8 Å². The van der Waals surface area contributed by atoms with Crippen LogP contribution in [0.4, 0.5) is 0 Å². The van der Waals surface area contributed by atoms with Gasteiger partial charge >= 0.3 is 0 Å². The summed E-state index contributed by atoms with van der Waals surface area (Å²) in [4.78, 5) is 10.9. The van der Waals surface area contributed by atoms with Gasteiger partial charge < -0.3 is 4.74 Å². The van der Waals surface area contributed by atoms with E-state index >= 15 is 0 Å². The molecule has 0 unspecified atom stereocenters. The molecule has 1 rings (SSSR count). The maximum absolute atomic E-state index is 10.9. The van der Waals surface area contributed by atoms with Gasteiger partial charge in [0.25, 0.3) is 0 Å². The second-order valence-electron chi connectivity index (χ2n) is 3.84. The summed E-state index contributed by atoms with van der Waals surface area (Å²) in [5.74, 6) is 1.31. The van der Waals surface area contributed by atoms with Crippen LogP contribution < -0.4 is 0 Å². The first kappa shape index (κ1) is 10.7. The summed E-state index contributed by atoms with van der Waals surface area (Å²) in [6, 6.07) is 0. The van der Waals surface area contributed by atoms with Crippen LogP contribution in [0.15, 0.2) is 0 Å². The molecular weight excluding hydrogens is 164 g/mol. The molecule has 0 radical (unpaired) electrons. The Balaban J connectivity index is 1.75. The number of Topliss-reactive ketones (excluding diaryl/α,β-unsaturated/α-hetero) is 1. The Kier molecular flexibility index (Phi) is 5.06. The largest absolute Gasteiger partial charge is 0.381 e. The number of carbonyl (C=O) groups is 1. The van der Waals surface area contributed by atoms with Crippen molar-refractivity contribution in [1.29, 1.82) is 0 Å². The first-order valence-electron chi connectivity index (χ1n) is 5.42. The summed E-state index contributed by atoms with van der Waals surface area (Å²) in [7, 11) is 0. The Hall–Kier alpha value is -0.370. The molecule has 0 aromatic carbocycles. The van der Waals surface area contributed by atoms with E-state index in [2.05, 4.69) is 0 Å². The van der Waals surface area contributed by atoms with Gasteiger partial charge in [0.2, 0.25) is 0 Å². The van der Waals surface area contributed by atoms with Crippen molar-refractivity contribution >= 4 is 5.78 Å². The number of rotatable bonds is 8. The van der Waals surface area contributed by atoms with Gasteiger partial charge in [0, 0.05) is 26.1 Å². The zero-order valence-electron chi connectivity index (χ0n) is 8.55. The third-order valence-corrected chi connectivity index (χ3v) is 2.51. The fourth-order valence-corrected chi connectivity index (χ4v) is 1.31. The molecule has 1 saturated carbocycles. The van der Waals surface area contributed by atoms with E-state index in [9.17, 15) is 4.79 Å². The lowest BCUT2D eigenvalue weighted by Gasteiger charge is -2.02. The Labute approximate surface area is 80.7 Å². The fourth-order valence-electron chi connectivity index (χ4n) is 1.31. The van der Waals surface area contributed by atoms with E-state index in [-0.39, 0.29) is 0 Å². The minimum absolute atomic E-state index is 0.353. The van der Waals surface area contributed by atoms with Crippen LogP contribution in [-0.2, 0) is 9.53 Å². The molecule has 0 aliphatic heterocycles. The second kappa shape index (κ2) is 6.14. The highest BCUT2D eigenvalue weighted by atomic mass is 16.5. The Morgan fingerprint density at radius 3 is 2.77 bits per heavy atom. The van der Waals surface area contributed by atoms with Gasteiger partial charge in [0.05, 0.1) is 0 Å². The third kappa shape index (κ3) is 5.81. The molecule has 1 aliphatic carbocycles. The van der Waals surface area contributed by atoms with Crippen LogP contribution in [0.25, 0.3) is 0 Å². The molecule has 2 heteroatoms. The van der Waals surface area contributed by atoms with Crippen LogP contribution in [0.2, 0.25) is 0 Å². The Morgan fingerprint density at radius 2 is 2.15 bits per heavy atom. The molecule has 0 atom stereocenters. The van der Waals surface area contributed by atoms with Crippen molar-refractivity contribution in [2.24, 2.45) is 5.92 Å². The Bertz CT molecular complexity index is 150. The molecular formula is C11H20O2. The molecule has 0 amide bonds. The molecule has 0 aromatic rings. The van der Waals surface area contributed by atoms with Crippen LogP contribution in [0.3, 0.4) is 0 Å². The molecule has 1 fully saturated rings. The molecule has 0 aromatic heterocycles. The van der Waals surface area contributed by atoms with E-state index in [0.717, 1.165) is 25.6 Å². The van der Waals surface area contributed by atoms with Gasteiger partial charge in [-0.1, -0.05) is 19.8 Å². The van der Waals surface area contributed by atoms with Crippen molar-refractivity contribution in [2.45, 2.75) is 45.4 Å². The van der Waals surface area contributed by atoms with E-state index in [1.165, 1.54) is 19.3 Å². The number of ketones is 1. The summed E-state index contributed by atoms with van der Waals surface area (Å²) in [6.07, 6.45) is 6.29. The zero-order valence-corrected chi connectivity index (χ0v) is 8.55. The lowest BCUT2D eigenvalue weighted by atomic mass is 10.2. The van der Waals surface area contributed by atoms with Crippen molar-refractivity contribution in [1.82, 2.24) is 0 Å². The lowest BCUT2D eigenvalue weighted by molar-refractivity contribution is -0.119. The molecule has 0 bridgehead atoms. The standard InChI is InChI=1S/C11H20O2/c1-2-11(12)4-3-8-13-9-7-10-5-6-10/h10H,2-9H2,1H3. The second-order valence-corrected chi connectivity index (χ2v) is 3.84. The summed E-state index contributed by atoms with van der Waals surface area (Å²) in [6.45, 7) is 3.57. The molecule has 0 N–H and O–H groups in total. The lowest BCUT2D eigenvalue weighted by Crippen LogP contribution is -2.01. The van der Waals surface area contributed by atoms with Crippen molar-refractivity contribution in [3.63, 3.8) is 0 Å². The van der Waals surface area contributed by atoms with Gasteiger partial charge in [-0.25, -0.2) is 0 Å². The summed E-state index contributed by atoms with van der Waals surface area (Å²) in [5.41, 5.74) is 0. The highest BCUT2D eigenvalue weighted by Gasteiger charge is 2.20. The Morgan fingerprint density at radius 1 is 1.38 bits per heavy atom. The minimum atomic E-state index is 0.353. The van der Waals surface area contributed by atoms with Crippen LogP contribution in [0.5, 0.6) is 0 Å². The average molecular weight is 184 g/mol. The third-order valence-electron chi connectivity index (χ3n) is 2.51. The van der Waals surface area contributed by atoms with Crippen LogP contribution >= 0.6 is 0 Å². The molecule has 76 valence electrons. The molecule has 0 spiro atoms. The molecule has 0 saturated heterocycles. The number of hydrogen-bond acceptors (Lipinski definition) is 2.